The van der Waals surface area contributed by atoms with Gasteiger partial charge < -0.3 is 9.84 Å². The zero-order valence-corrected chi connectivity index (χ0v) is 16.5. The molecule has 1 fully saturated rings. The minimum absolute atomic E-state index is 0.0437. The fraction of sp³-hybridized carbons (Fsp3) is 0.320. The molecule has 0 amide bonds. The van der Waals surface area contributed by atoms with Crippen LogP contribution in [0.4, 0.5) is 0 Å². The zero-order chi connectivity index (χ0) is 19.3. The molecule has 1 spiro atoms. The highest BCUT2D eigenvalue weighted by Crippen LogP contribution is 2.49. The number of aromatic nitrogens is 1. The summed E-state index contributed by atoms with van der Waals surface area (Å²) < 4.78 is 6.51. The summed E-state index contributed by atoms with van der Waals surface area (Å²) in [7, 11) is 0. The molecule has 3 nitrogen and oxygen atoms in total. The van der Waals surface area contributed by atoms with E-state index in [2.05, 4.69) is 19.1 Å². The Bertz CT molecular complexity index is 1110. The highest BCUT2D eigenvalue weighted by molar-refractivity contribution is 5.82. The lowest BCUT2D eigenvalue weighted by molar-refractivity contribution is -0.0257. The van der Waals surface area contributed by atoms with Gasteiger partial charge in [-0.3, -0.25) is 0 Å². The minimum Gasteiger partial charge on any atom is -0.507 e. The van der Waals surface area contributed by atoms with Crippen LogP contribution in [0, 0.1) is 13.8 Å². The van der Waals surface area contributed by atoms with Crippen LogP contribution in [0.15, 0.2) is 36.4 Å². The quantitative estimate of drug-likeness (QED) is 0.603. The number of para-hydroxylation sites is 1. The maximum absolute atomic E-state index is 10.9. The number of rotatable bonds is 2. The third-order valence-electron chi connectivity index (χ3n) is 6.54. The van der Waals surface area contributed by atoms with Gasteiger partial charge in [-0.2, -0.15) is 0 Å². The zero-order valence-electron chi connectivity index (χ0n) is 16.5. The average Bonchev–Trinajstić information content (AvgIpc) is 2.70. The van der Waals surface area contributed by atoms with Gasteiger partial charge >= 0.3 is 0 Å². The number of aromatic hydroxyl groups is 1. The molecular weight excluding hydrogens is 346 g/mol. The van der Waals surface area contributed by atoms with Gasteiger partial charge in [0.25, 0.3) is 0 Å². The van der Waals surface area contributed by atoms with Gasteiger partial charge in [-0.05, 0) is 75.8 Å². The van der Waals surface area contributed by atoms with E-state index in [1.165, 1.54) is 12.0 Å². The third-order valence-corrected chi connectivity index (χ3v) is 6.54. The Morgan fingerprint density at radius 3 is 2.61 bits per heavy atom. The van der Waals surface area contributed by atoms with Crippen LogP contribution in [0.3, 0.4) is 0 Å². The highest BCUT2D eigenvalue weighted by atomic mass is 16.5. The molecule has 1 saturated carbocycles. The smallest absolute Gasteiger partial charge is 0.127 e. The molecule has 142 valence electrons. The molecule has 0 bridgehead atoms. The van der Waals surface area contributed by atoms with Gasteiger partial charge in [0, 0.05) is 22.1 Å². The molecule has 0 radical (unpaired) electrons. The molecule has 2 heterocycles. The van der Waals surface area contributed by atoms with Crippen molar-refractivity contribution in [1.29, 1.82) is 0 Å². The Hall–Kier alpha value is -2.81. The average molecular weight is 371 g/mol. The van der Waals surface area contributed by atoms with Crippen molar-refractivity contribution in [2.75, 3.05) is 0 Å². The molecule has 2 aromatic carbocycles. The van der Waals surface area contributed by atoms with Crippen LogP contribution < -0.4 is 4.74 Å². The second kappa shape index (κ2) is 6.37. The third kappa shape index (κ3) is 2.69. The number of pyridine rings is 1. The van der Waals surface area contributed by atoms with Crippen molar-refractivity contribution >= 4 is 23.1 Å². The lowest BCUT2D eigenvalue weighted by atomic mass is 9.73. The van der Waals surface area contributed by atoms with E-state index in [0.717, 1.165) is 64.7 Å². The molecule has 5 rings (SSSR count). The first-order valence-electron chi connectivity index (χ1n) is 10.1. The van der Waals surface area contributed by atoms with Crippen molar-refractivity contribution in [2.24, 2.45) is 0 Å². The molecule has 3 aromatic rings. The Morgan fingerprint density at radius 1 is 1.00 bits per heavy atom. The van der Waals surface area contributed by atoms with Crippen molar-refractivity contribution in [2.45, 2.75) is 51.6 Å². The number of fused-ring (bicyclic) bond motifs is 2. The topological polar surface area (TPSA) is 42.4 Å². The van der Waals surface area contributed by atoms with Crippen LogP contribution in [-0.2, 0) is 6.42 Å². The monoisotopic (exact) mass is 371 g/mol. The normalized spacial score (nSPS) is 17.5. The van der Waals surface area contributed by atoms with E-state index in [1.807, 2.05) is 43.3 Å². The van der Waals surface area contributed by atoms with E-state index in [0.29, 0.717) is 5.75 Å². The Kier molecular flexibility index (Phi) is 3.94. The summed E-state index contributed by atoms with van der Waals surface area (Å²) in [6.07, 6.45) is 9.56. The fourth-order valence-corrected chi connectivity index (χ4v) is 4.57. The number of benzene rings is 2. The molecule has 1 aromatic heterocycles. The maximum Gasteiger partial charge on any atom is 0.127 e. The largest absolute Gasteiger partial charge is 0.507 e. The summed E-state index contributed by atoms with van der Waals surface area (Å²) in [5, 5.41) is 12.0. The van der Waals surface area contributed by atoms with Crippen LogP contribution in [0.25, 0.3) is 23.1 Å². The van der Waals surface area contributed by atoms with E-state index < -0.39 is 0 Å². The van der Waals surface area contributed by atoms with Gasteiger partial charge in [0.2, 0.25) is 0 Å². The lowest BCUT2D eigenvalue weighted by Gasteiger charge is -2.46. The van der Waals surface area contributed by atoms with Gasteiger partial charge in [-0.15, -0.1) is 0 Å². The number of phenols is 1. The predicted octanol–water partition coefficient (Wildman–Crippen LogP) is 5.98. The second-order valence-electron chi connectivity index (χ2n) is 8.22. The number of phenolic OH excluding ortho intramolecular Hbond substituents is 1. The molecule has 0 saturated heterocycles. The number of hydrogen-bond acceptors (Lipinski definition) is 3. The molecule has 1 aliphatic carbocycles. The number of ether oxygens (including phenoxy) is 1. The Balaban J connectivity index is 1.55. The second-order valence-corrected chi connectivity index (χ2v) is 8.22. The summed E-state index contributed by atoms with van der Waals surface area (Å²) in [5.74, 6) is 1.36. The summed E-state index contributed by atoms with van der Waals surface area (Å²) in [5.41, 5.74) is 5.88. The van der Waals surface area contributed by atoms with Crippen molar-refractivity contribution in [3.8, 4) is 11.5 Å². The predicted molar refractivity (Wildman–Crippen MR) is 114 cm³/mol. The molecule has 0 unspecified atom stereocenters. The highest BCUT2D eigenvalue weighted by Gasteiger charge is 2.43. The first-order valence-corrected chi connectivity index (χ1v) is 10.1. The standard InChI is InChI=1S/C25H25NO2/c1-16-21-12-15-25(13-5-14-25)28-24(21)17(2)20(23(16)27)11-10-19-9-8-18-6-3-4-7-22(18)26-19/h3-4,6-11,27H,5,12-15H2,1-2H3/b11-10+. The van der Waals surface area contributed by atoms with Crippen molar-refractivity contribution in [1.82, 2.24) is 4.98 Å². The van der Waals surface area contributed by atoms with E-state index in [9.17, 15) is 5.11 Å². The number of hydrogen-bond donors (Lipinski definition) is 1. The van der Waals surface area contributed by atoms with Gasteiger partial charge in [-0.1, -0.05) is 24.3 Å². The van der Waals surface area contributed by atoms with Gasteiger partial charge in [-0.25, -0.2) is 4.98 Å². The molecule has 0 atom stereocenters. The SMILES string of the molecule is Cc1c(O)c(/C=C/c2ccc3ccccc3n2)c(C)c2c1CCC1(CCC1)O2. The van der Waals surface area contributed by atoms with Crippen LogP contribution in [0.5, 0.6) is 11.5 Å². The maximum atomic E-state index is 10.9. The van der Waals surface area contributed by atoms with E-state index in [-0.39, 0.29) is 5.60 Å². The van der Waals surface area contributed by atoms with Crippen LogP contribution in [-0.4, -0.2) is 15.7 Å². The summed E-state index contributed by atoms with van der Waals surface area (Å²) in [6.45, 7) is 4.06. The van der Waals surface area contributed by atoms with Gasteiger partial charge in [0.15, 0.2) is 0 Å². The first-order chi connectivity index (χ1) is 13.6. The van der Waals surface area contributed by atoms with Gasteiger partial charge in [0.05, 0.1) is 11.2 Å². The van der Waals surface area contributed by atoms with Crippen LogP contribution in [0.2, 0.25) is 0 Å². The first kappa shape index (κ1) is 17.3. The van der Waals surface area contributed by atoms with E-state index in [1.54, 1.807) is 0 Å². The lowest BCUT2D eigenvalue weighted by Crippen LogP contribution is -2.46. The summed E-state index contributed by atoms with van der Waals surface area (Å²) in [4.78, 5) is 4.71. The Labute approximate surface area is 165 Å². The molecular formula is C25H25NO2. The molecule has 3 heteroatoms. The molecule has 28 heavy (non-hydrogen) atoms. The minimum atomic E-state index is 0.0437. The van der Waals surface area contributed by atoms with E-state index in [4.69, 9.17) is 9.72 Å². The van der Waals surface area contributed by atoms with E-state index >= 15 is 0 Å². The van der Waals surface area contributed by atoms with Crippen molar-refractivity contribution < 1.29 is 9.84 Å². The molecule has 1 N–H and O–H groups in total. The van der Waals surface area contributed by atoms with Gasteiger partial charge in [0.1, 0.15) is 17.1 Å². The Morgan fingerprint density at radius 2 is 1.82 bits per heavy atom. The molecule has 1 aliphatic heterocycles. The van der Waals surface area contributed by atoms with Crippen LogP contribution in [0.1, 0.15) is 53.6 Å². The van der Waals surface area contributed by atoms with Crippen LogP contribution >= 0.6 is 0 Å². The fourth-order valence-electron chi connectivity index (χ4n) is 4.57. The van der Waals surface area contributed by atoms with Crippen molar-refractivity contribution in [3.63, 3.8) is 0 Å². The number of nitrogens with zero attached hydrogens (tertiary/aromatic N) is 1. The summed E-state index contributed by atoms with van der Waals surface area (Å²) >= 11 is 0. The summed E-state index contributed by atoms with van der Waals surface area (Å²) in [6, 6.07) is 12.2. The van der Waals surface area contributed by atoms with Crippen molar-refractivity contribution in [3.05, 3.63) is 64.3 Å². The molecule has 2 aliphatic rings.